The second-order valence-corrected chi connectivity index (χ2v) is 9.26. The molecule has 2 aromatic rings. The number of halogens is 2. The molecule has 32 heavy (non-hydrogen) atoms. The van der Waals surface area contributed by atoms with Crippen LogP contribution in [0.1, 0.15) is 55.2 Å². The van der Waals surface area contributed by atoms with Crippen LogP contribution < -0.4 is 5.32 Å². The van der Waals surface area contributed by atoms with Crippen LogP contribution in [0.15, 0.2) is 69.8 Å². The van der Waals surface area contributed by atoms with Crippen LogP contribution in [0.5, 0.6) is 0 Å². The molecule has 5 heteroatoms. The van der Waals surface area contributed by atoms with E-state index in [9.17, 15) is 9.18 Å². The van der Waals surface area contributed by atoms with Crippen molar-refractivity contribution < 1.29 is 9.18 Å². The first-order valence-electron chi connectivity index (χ1n) is 11.4. The Morgan fingerprint density at radius 2 is 1.69 bits per heavy atom. The van der Waals surface area contributed by atoms with Crippen LogP contribution in [0.3, 0.4) is 0 Å². The van der Waals surface area contributed by atoms with E-state index in [2.05, 4.69) is 45.5 Å². The fourth-order valence-corrected chi connectivity index (χ4v) is 4.68. The molecule has 1 amide bonds. The van der Waals surface area contributed by atoms with Gasteiger partial charge in [0.15, 0.2) is 0 Å². The average molecular weight is 495 g/mol. The number of allylic oxidation sites excluding steroid dienone is 4. The predicted octanol–water partition coefficient (Wildman–Crippen LogP) is 7.06. The maximum atomic E-state index is 13.2. The maximum absolute atomic E-state index is 13.2. The van der Waals surface area contributed by atoms with Crippen molar-refractivity contribution in [3.8, 4) is 0 Å². The monoisotopic (exact) mass is 494 g/mol. The first-order chi connectivity index (χ1) is 15.6. The van der Waals surface area contributed by atoms with Gasteiger partial charge in [-0.1, -0.05) is 36.4 Å². The zero-order valence-electron chi connectivity index (χ0n) is 18.2. The van der Waals surface area contributed by atoms with Gasteiger partial charge in [0.1, 0.15) is 5.82 Å². The third-order valence-corrected chi connectivity index (χ3v) is 6.73. The Hall–Kier alpha value is -2.53. The summed E-state index contributed by atoms with van der Waals surface area (Å²) >= 11 is 3.71. The number of aliphatic imine (C=N–C) groups is 1. The first-order valence-corrected chi connectivity index (χ1v) is 12.1. The molecule has 0 spiro atoms. The van der Waals surface area contributed by atoms with Crippen molar-refractivity contribution in [2.45, 2.75) is 57.8 Å². The van der Waals surface area contributed by atoms with Gasteiger partial charge in [0.05, 0.1) is 5.71 Å². The number of amides is 1. The van der Waals surface area contributed by atoms with E-state index in [1.165, 1.54) is 23.3 Å². The van der Waals surface area contributed by atoms with Crippen molar-refractivity contribution in [3.05, 3.63) is 87.3 Å². The van der Waals surface area contributed by atoms with Gasteiger partial charge in [-0.2, -0.15) is 0 Å². The van der Waals surface area contributed by atoms with Crippen LogP contribution in [0.25, 0.3) is 0 Å². The molecule has 0 aliphatic carbocycles. The van der Waals surface area contributed by atoms with E-state index in [-0.39, 0.29) is 11.7 Å². The number of carbonyl (C=O) groups excluding carboxylic acids is 1. The highest BCUT2D eigenvalue weighted by atomic mass is 79.9. The summed E-state index contributed by atoms with van der Waals surface area (Å²) in [5.41, 5.74) is 6.83. The molecule has 0 saturated carbocycles. The molecule has 3 nitrogen and oxygen atoms in total. The number of aryl methyl sites for hydroxylation is 3. The fraction of sp³-hybridized carbons (Fsp3) is 0.333. The van der Waals surface area contributed by atoms with Crippen LogP contribution in [-0.2, 0) is 24.1 Å². The summed E-state index contributed by atoms with van der Waals surface area (Å²) in [5, 5.41) is 2.95. The van der Waals surface area contributed by atoms with Gasteiger partial charge in [-0.05, 0) is 102 Å². The number of hydrogen-bond donors (Lipinski definition) is 1. The number of carbonyl (C=O) groups is 1. The SMILES string of the molecule is O=C1CCc2cc(CCCC3=C/CC\C=C(Br)/C(CCc4ccc(F)cc4)=N\3)ccc2N1. The zero-order chi connectivity index (χ0) is 22.3. The molecule has 0 atom stereocenters. The molecule has 0 unspecified atom stereocenters. The van der Waals surface area contributed by atoms with E-state index in [1.807, 2.05) is 18.2 Å². The molecule has 0 saturated heterocycles. The van der Waals surface area contributed by atoms with Crippen molar-refractivity contribution in [3.63, 3.8) is 0 Å². The maximum Gasteiger partial charge on any atom is 0.224 e. The lowest BCUT2D eigenvalue weighted by atomic mass is 9.97. The summed E-state index contributed by atoms with van der Waals surface area (Å²) in [5.74, 6) is -0.0956. The number of hydrogen-bond acceptors (Lipinski definition) is 2. The van der Waals surface area contributed by atoms with E-state index < -0.39 is 0 Å². The molecular formula is C27H28BrFN2O. The minimum absolute atomic E-state index is 0.106. The molecule has 1 N–H and O–H groups in total. The third-order valence-electron chi connectivity index (χ3n) is 5.95. The van der Waals surface area contributed by atoms with Gasteiger partial charge < -0.3 is 5.32 Å². The molecule has 0 bridgehead atoms. The molecule has 4 rings (SSSR count). The highest BCUT2D eigenvalue weighted by molar-refractivity contribution is 9.12. The van der Waals surface area contributed by atoms with Crippen LogP contribution in [-0.4, -0.2) is 11.6 Å². The van der Waals surface area contributed by atoms with E-state index in [1.54, 1.807) is 0 Å². The summed E-state index contributed by atoms with van der Waals surface area (Å²) in [6, 6.07) is 13.1. The largest absolute Gasteiger partial charge is 0.326 e. The van der Waals surface area contributed by atoms with Gasteiger partial charge in [0.2, 0.25) is 5.91 Å². The number of fused-ring (bicyclic) bond motifs is 1. The van der Waals surface area contributed by atoms with Gasteiger partial charge >= 0.3 is 0 Å². The van der Waals surface area contributed by atoms with Crippen molar-refractivity contribution in [1.29, 1.82) is 0 Å². The van der Waals surface area contributed by atoms with Gasteiger partial charge in [0, 0.05) is 22.3 Å². The third kappa shape index (κ3) is 6.26. The normalized spacial score (nSPS) is 21.1. The predicted molar refractivity (Wildman–Crippen MR) is 133 cm³/mol. The van der Waals surface area contributed by atoms with Gasteiger partial charge in [0.25, 0.3) is 0 Å². The highest BCUT2D eigenvalue weighted by Crippen LogP contribution is 2.26. The summed E-state index contributed by atoms with van der Waals surface area (Å²) in [4.78, 5) is 16.5. The summed E-state index contributed by atoms with van der Waals surface area (Å²) in [6.45, 7) is 0. The van der Waals surface area contributed by atoms with E-state index in [4.69, 9.17) is 4.99 Å². The van der Waals surface area contributed by atoms with Gasteiger partial charge in [-0.3, -0.25) is 9.79 Å². The fourth-order valence-electron chi connectivity index (χ4n) is 4.16. The van der Waals surface area contributed by atoms with Crippen LogP contribution in [0.4, 0.5) is 10.1 Å². The highest BCUT2D eigenvalue weighted by Gasteiger charge is 2.15. The number of nitrogens with one attached hydrogen (secondary N) is 1. The Bertz CT molecular complexity index is 1070. The van der Waals surface area contributed by atoms with E-state index >= 15 is 0 Å². The van der Waals surface area contributed by atoms with Crippen LogP contribution in [0.2, 0.25) is 0 Å². The number of anilines is 1. The van der Waals surface area contributed by atoms with Crippen molar-refractivity contribution in [2.75, 3.05) is 5.32 Å². The lowest BCUT2D eigenvalue weighted by Gasteiger charge is -2.17. The van der Waals surface area contributed by atoms with Gasteiger partial charge in [-0.15, -0.1) is 0 Å². The Labute approximate surface area is 197 Å². The molecular weight excluding hydrogens is 467 g/mol. The second-order valence-electron chi connectivity index (χ2n) is 8.40. The Morgan fingerprint density at radius 1 is 0.906 bits per heavy atom. The molecule has 0 fully saturated rings. The average Bonchev–Trinajstić information content (AvgIpc) is 2.78. The number of nitrogens with zero attached hydrogens (tertiary/aromatic N) is 1. The minimum Gasteiger partial charge on any atom is -0.326 e. The molecule has 0 aromatic heterocycles. The van der Waals surface area contributed by atoms with Crippen molar-refractivity contribution >= 4 is 33.2 Å². The number of benzene rings is 2. The standard InChI is InChI=1S/C27H28BrFN2O/c28-24-7-2-1-5-23(30-26(24)16-10-19-8-13-22(29)14-9-19)6-3-4-20-11-15-25-21(18-20)12-17-27(32)31-25/h5,7-9,11,13-15,18H,1-4,6,10,12,16-17H2,(H,31,32)/b23-5-,24-7+,30-26-. The smallest absolute Gasteiger partial charge is 0.224 e. The summed E-state index contributed by atoms with van der Waals surface area (Å²) in [6.07, 6.45) is 12.5. The summed E-state index contributed by atoms with van der Waals surface area (Å²) < 4.78 is 14.2. The molecule has 2 aromatic carbocycles. The van der Waals surface area contributed by atoms with Crippen LogP contribution in [0, 0.1) is 5.82 Å². The van der Waals surface area contributed by atoms with Crippen LogP contribution >= 0.6 is 15.9 Å². The Kier molecular flexibility index (Phi) is 7.69. The molecule has 2 aliphatic rings. The zero-order valence-corrected chi connectivity index (χ0v) is 19.8. The van der Waals surface area contributed by atoms with E-state index in [0.29, 0.717) is 6.42 Å². The van der Waals surface area contributed by atoms with Crippen molar-refractivity contribution in [1.82, 2.24) is 0 Å². The number of rotatable bonds is 7. The van der Waals surface area contributed by atoms with Crippen molar-refractivity contribution in [2.24, 2.45) is 4.99 Å². The molecule has 166 valence electrons. The lowest BCUT2D eigenvalue weighted by molar-refractivity contribution is -0.116. The van der Waals surface area contributed by atoms with E-state index in [0.717, 1.165) is 78.5 Å². The Balaban J connectivity index is 1.37. The molecule has 0 radical (unpaired) electrons. The van der Waals surface area contributed by atoms with Gasteiger partial charge in [-0.25, -0.2) is 4.39 Å². The Morgan fingerprint density at radius 3 is 2.53 bits per heavy atom. The molecule has 2 aliphatic heterocycles. The molecule has 2 heterocycles. The quantitative estimate of drug-likeness (QED) is 0.439. The minimum atomic E-state index is -0.202. The lowest BCUT2D eigenvalue weighted by Crippen LogP contribution is -2.18. The topological polar surface area (TPSA) is 41.5 Å². The summed E-state index contributed by atoms with van der Waals surface area (Å²) in [7, 11) is 0. The second kappa shape index (κ2) is 10.9. The first kappa shape index (κ1) is 22.7.